The Labute approximate surface area is 120 Å². The number of hydrogen-bond donors (Lipinski definition) is 2. The molecule has 2 rings (SSSR count). The van der Waals surface area contributed by atoms with Gasteiger partial charge in [0.25, 0.3) is 0 Å². The second-order valence-electron chi connectivity index (χ2n) is 5.83. The summed E-state index contributed by atoms with van der Waals surface area (Å²) in [5, 5.41) is 12.5. The van der Waals surface area contributed by atoms with E-state index in [1.807, 2.05) is 30.3 Å². The van der Waals surface area contributed by atoms with Crippen molar-refractivity contribution in [3.05, 3.63) is 35.9 Å². The SMILES string of the molecule is CC1CCCC(CO)(NC(=O)OCc2ccccc2)C1. The molecule has 1 saturated carbocycles. The van der Waals surface area contributed by atoms with Crippen molar-refractivity contribution < 1.29 is 14.6 Å². The summed E-state index contributed by atoms with van der Waals surface area (Å²) >= 11 is 0. The molecule has 0 radical (unpaired) electrons. The van der Waals surface area contributed by atoms with Gasteiger partial charge in [0.2, 0.25) is 0 Å². The number of hydrogen-bond acceptors (Lipinski definition) is 3. The minimum absolute atomic E-state index is 0.0300. The summed E-state index contributed by atoms with van der Waals surface area (Å²) in [5.41, 5.74) is 0.448. The average Bonchev–Trinajstić information content (AvgIpc) is 2.46. The Morgan fingerprint density at radius 3 is 2.85 bits per heavy atom. The fourth-order valence-corrected chi connectivity index (χ4v) is 2.93. The lowest BCUT2D eigenvalue weighted by atomic mass is 9.77. The molecule has 0 heterocycles. The zero-order chi connectivity index (χ0) is 14.4. The van der Waals surface area contributed by atoms with E-state index in [-0.39, 0.29) is 13.2 Å². The number of carbonyl (C=O) groups is 1. The van der Waals surface area contributed by atoms with E-state index in [4.69, 9.17) is 4.74 Å². The minimum atomic E-state index is -0.508. The fourth-order valence-electron chi connectivity index (χ4n) is 2.93. The molecule has 2 atom stereocenters. The Kier molecular flexibility index (Phi) is 5.01. The van der Waals surface area contributed by atoms with Crippen molar-refractivity contribution in [2.75, 3.05) is 6.61 Å². The largest absolute Gasteiger partial charge is 0.445 e. The molecule has 1 aliphatic carbocycles. The zero-order valence-corrected chi connectivity index (χ0v) is 12.0. The summed E-state index contributed by atoms with van der Waals surface area (Å²) in [5.74, 6) is 0.519. The van der Waals surface area contributed by atoms with Gasteiger partial charge in [0, 0.05) is 0 Å². The highest BCUT2D eigenvalue weighted by Gasteiger charge is 2.36. The van der Waals surface area contributed by atoms with E-state index in [0.29, 0.717) is 5.92 Å². The first-order valence-electron chi connectivity index (χ1n) is 7.23. The minimum Gasteiger partial charge on any atom is -0.445 e. The molecule has 1 fully saturated rings. The maximum absolute atomic E-state index is 11.9. The van der Waals surface area contributed by atoms with Crippen LogP contribution in [0.25, 0.3) is 0 Å². The van der Waals surface area contributed by atoms with Crippen molar-refractivity contribution in [3.63, 3.8) is 0 Å². The van der Waals surface area contributed by atoms with Crippen LogP contribution in [-0.2, 0) is 11.3 Å². The van der Waals surface area contributed by atoms with Crippen molar-refractivity contribution in [3.8, 4) is 0 Å². The van der Waals surface area contributed by atoms with E-state index in [1.165, 1.54) is 0 Å². The molecule has 1 amide bonds. The van der Waals surface area contributed by atoms with Gasteiger partial charge in [-0.25, -0.2) is 4.79 Å². The maximum Gasteiger partial charge on any atom is 0.407 e. The molecule has 1 aromatic rings. The number of ether oxygens (including phenoxy) is 1. The monoisotopic (exact) mass is 277 g/mol. The Bertz CT molecular complexity index is 435. The highest BCUT2D eigenvalue weighted by molar-refractivity contribution is 5.68. The summed E-state index contributed by atoms with van der Waals surface area (Å²) in [6, 6.07) is 9.58. The van der Waals surface area contributed by atoms with Crippen molar-refractivity contribution in [1.82, 2.24) is 5.32 Å². The molecule has 20 heavy (non-hydrogen) atoms. The number of aliphatic hydroxyl groups is 1. The van der Waals surface area contributed by atoms with Crippen LogP contribution in [0, 0.1) is 5.92 Å². The van der Waals surface area contributed by atoms with Gasteiger partial charge in [0.15, 0.2) is 0 Å². The number of aliphatic hydroxyl groups excluding tert-OH is 1. The summed E-state index contributed by atoms with van der Waals surface area (Å²) < 4.78 is 5.23. The lowest BCUT2D eigenvalue weighted by molar-refractivity contribution is 0.0773. The van der Waals surface area contributed by atoms with E-state index < -0.39 is 11.6 Å². The van der Waals surface area contributed by atoms with Crippen LogP contribution in [0.15, 0.2) is 30.3 Å². The van der Waals surface area contributed by atoms with E-state index in [9.17, 15) is 9.90 Å². The maximum atomic E-state index is 11.9. The first-order chi connectivity index (χ1) is 9.63. The fraction of sp³-hybridized carbons (Fsp3) is 0.562. The molecular weight excluding hydrogens is 254 g/mol. The van der Waals surface area contributed by atoms with Crippen molar-refractivity contribution in [2.24, 2.45) is 5.92 Å². The van der Waals surface area contributed by atoms with Gasteiger partial charge in [-0.15, -0.1) is 0 Å². The van der Waals surface area contributed by atoms with Gasteiger partial charge in [-0.2, -0.15) is 0 Å². The molecule has 0 bridgehead atoms. The molecular formula is C16H23NO3. The van der Waals surface area contributed by atoms with Crippen LogP contribution in [0.5, 0.6) is 0 Å². The van der Waals surface area contributed by atoms with Crippen LogP contribution >= 0.6 is 0 Å². The van der Waals surface area contributed by atoms with Crippen LogP contribution in [0.3, 0.4) is 0 Å². The third kappa shape index (κ3) is 3.97. The number of rotatable bonds is 4. The lowest BCUT2D eigenvalue weighted by Crippen LogP contribution is -2.53. The molecule has 4 nitrogen and oxygen atoms in total. The van der Waals surface area contributed by atoms with Crippen molar-refractivity contribution in [1.29, 1.82) is 0 Å². The van der Waals surface area contributed by atoms with Gasteiger partial charge in [0.05, 0.1) is 12.1 Å². The van der Waals surface area contributed by atoms with Crippen LogP contribution < -0.4 is 5.32 Å². The summed E-state index contributed by atoms with van der Waals surface area (Å²) in [6.07, 6.45) is 3.36. The summed E-state index contributed by atoms with van der Waals surface area (Å²) in [4.78, 5) is 11.9. The Morgan fingerprint density at radius 1 is 1.45 bits per heavy atom. The van der Waals surface area contributed by atoms with E-state index in [0.717, 1.165) is 31.2 Å². The Balaban J connectivity index is 1.86. The molecule has 0 saturated heterocycles. The number of alkyl carbamates (subject to hydrolysis) is 1. The average molecular weight is 277 g/mol. The Morgan fingerprint density at radius 2 is 2.20 bits per heavy atom. The normalized spacial score (nSPS) is 26.0. The van der Waals surface area contributed by atoms with Gasteiger partial charge in [-0.3, -0.25) is 0 Å². The molecule has 1 aliphatic rings. The summed E-state index contributed by atoms with van der Waals surface area (Å²) in [7, 11) is 0. The predicted molar refractivity (Wildman–Crippen MR) is 77.2 cm³/mol. The number of nitrogens with one attached hydrogen (secondary N) is 1. The van der Waals surface area contributed by atoms with Gasteiger partial charge in [-0.1, -0.05) is 50.1 Å². The topological polar surface area (TPSA) is 58.6 Å². The predicted octanol–water partition coefficient (Wildman–Crippen LogP) is 2.85. The quantitative estimate of drug-likeness (QED) is 0.889. The Hall–Kier alpha value is -1.55. The molecule has 2 N–H and O–H groups in total. The van der Waals surface area contributed by atoms with Crippen LogP contribution in [0.1, 0.15) is 38.2 Å². The first kappa shape index (κ1) is 14.9. The van der Waals surface area contributed by atoms with E-state index in [1.54, 1.807) is 0 Å². The van der Waals surface area contributed by atoms with E-state index >= 15 is 0 Å². The van der Waals surface area contributed by atoms with Crippen LogP contribution in [0.2, 0.25) is 0 Å². The lowest BCUT2D eigenvalue weighted by Gasteiger charge is -2.38. The molecule has 0 aromatic heterocycles. The van der Waals surface area contributed by atoms with Crippen molar-refractivity contribution >= 4 is 6.09 Å². The van der Waals surface area contributed by atoms with Crippen molar-refractivity contribution in [2.45, 2.75) is 44.8 Å². The smallest absolute Gasteiger partial charge is 0.407 e. The molecule has 0 aliphatic heterocycles. The second-order valence-corrected chi connectivity index (χ2v) is 5.83. The van der Waals surface area contributed by atoms with E-state index in [2.05, 4.69) is 12.2 Å². The standard InChI is InChI=1S/C16H23NO3/c1-13-6-5-9-16(10-13,12-18)17-15(19)20-11-14-7-3-2-4-8-14/h2-4,7-8,13,18H,5-6,9-12H2,1H3,(H,17,19). The van der Waals surface area contributed by atoms with Gasteiger partial charge >= 0.3 is 6.09 Å². The van der Waals surface area contributed by atoms with Gasteiger partial charge < -0.3 is 15.2 Å². The molecule has 1 aromatic carbocycles. The third-order valence-electron chi connectivity index (χ3n) is 3.97. The van der Waals surface area contributed by atoms with Crippen LogP contribution in [0.4, 0.5) is 4.79 Å². The number of amides is 1. The molecule has 110 valence electrons. The van der Waals surface area contributed by atoms with Gasteiger partial charge in [-0.05, 0) is 24.3 Å². The second kappa shape index (κ2) is 6.75. The number of benzene rings is 1. The summed E-state index contributed by atoms with van der Waals surface area (Å²) in [6.45, 7) is 2.38. The number of carbonyl (C=O) groups excluding carboxylic acids is 1. The molecule has 2 unspecified atom stereocenters. The third-order valence-corrected chi connectivity index (χ3v) is 3.97. The zero-order valence-electron chi connectivity index (χ0n) is 12.0. The van der Waals surface area contributed by atoms with Gasteiger partial charge in [0.1, 0.15) is 6.61 Å². The highest BCUT2D eigenvalue weighted by Crippen LogP contribution is 2.32. The van der Waals surface area contributed by atoms with Crippen LogP contribution in [-0.4, -0.2) is 23.3 Å². The molecule has 4 heteroatoms. The highest BCUT2D eigenvalue weighted by atomic mass is 16.5. The first-order valence-corrected chi connectivity index (χ1v) is 7.23. The molecule has 0 spiro atoms.